The molecule has 1 saturated heterocycles. The van der Waals surface area contributed by atoms with Crippen molar-refractivity contribution >= 4 is 11.8 Å². The molecule has 1 aliphatic heterocycles. The molecule has 1 aromatic carbocycles. The second-order valence-electron chi connectivity index (χ2n) is 8.35. The molecule has 28 heavy (non-hydrogen) atoms. The number of amides is 2. The molecule has 0 radical (unpaired) electrons. The highest BCUT2D eigenvalue weighted by Crippen LogP contribution is 2.28. The van der Waals surface area contributed by atoms with Gasteiger partial charge in [-0.05, 0) is 38.3 Å². The van der Waals surface area contributed by atoms with Gasteiger partial charge in [0.25, 0.3) is 0 Å². The number of nitrogens with zero attached hydrogens (tertiary/aromatic N) is 2. The molecule has 3 rings (SSSR count). The van der Waals surface area contributed by atoms with E-state index in [1.807, 2.05) is 43.1 Å². The number of benzene rings is 1. The normalized spacial score (nSPS) is 21.3. The third-order valence-corrected chi connectivity index (χ3v) is 6.15. The largest absolute Gasteiger partial charge is 0.492 e. The second kappa shape index (κ2) is 9.94. The Morgan fingerprint density at radius 2 is 1.79 bits per heavy atom. The lowest BCUT2D eigenvalue weighted by molar-refractivity contribution is -0.144. The van der Waals surface area contributed by atoms with Crippen molar-refractivity contribution in [1.29, 1.82) is 0 Å². The average Bonchev–Trinajstić information content (AvgIpc) is 2.98. The Morgan fingerprint density at radius 3 is 2.46 bits per heavy atom. The van der Waals surface area contributed by atoms with Crippen LogP contribution in [0.5, 0.6) is 5.75 Å². The van der Waals surface area contributed by atoms with Gasteiger partial charge in [-0.1, -0.05) is 43.4 Å². The molecule has 2 amide bonds. The predicted octanol–water partition coefficient (Wildman–Crippen LogP) is 3.79. The standard InChI is InChI=1S/C23H34N2O3/c1-18-9-12-21(13-10-18)28-16-15-24(2)23(27)19-11-14-22(26)25(17-19)20-7-5-3-4-6-8-20/h9-10,12-13,19-20H,3-8,11,14-17H2,1-2H3. The zero-order valence-electron chi connectivity index (χ0n) is 17.4. The lowest BCUT2D eigenvalue weighted by Gasteiger charge is -2.38. The predicted molar refractivity (Wildman–Crippen MR) is 110 cm³/mol. The molecule has 1 heterocycles. The Labute approximate surface area is 169 Å². The molecule has 1 unspecified atom stereocenters. The van der Waals surface area contributed by atoms with Crippen molar-refractivity contribution in [1.82, 2.24) is 9.80 Å². The average molecular weight is 387 g/mol. The Balaban J connectivity index is 1.49. The fourth-order valence-electron chi connectivity index (χ4n) is 4.35. The van der Waals surface area contributed by atoms with Crippen LogP contribution in [0.25, 0.3) is 0 Å². The summed E-state index contributed by atoms with van der Waals surface area (Å²) in [6.45, 7) is 3.67. The molecule has 5 nitrogen and oxygen atoms in total. The Bertz CT molecular complexity index is 650. The van der Waals surface area contributed by atoms with Crippen molar-refractivity contribution in [2.45, 2.75) is 64.3 Å². The topological polar surface area (TPSA) is 49.9 Å². The summed E-state index contributed by atoms with van der Waals surface area (Å²) < 4.78 is 5.76. The third-order valence-electron chi connectivity index (χ3n) is 6.15. The molecule has 0 spiro atoms. The number of likely N-dealkylation sites (tertiary alicyclic amines) is 1. The maximum atomic E-state index is 12.9. The quantitative estimate of drug-likeness (QED) is 0.699. The van der Waals surface area contributed by atoms with Gasteiger partial charge in [0.05, 0.1) is 12.5 Å². The van der Waals surface area contributed by atoms with Gasteiger partial charge in [0.1, 0.15) is 12.4 Å². The minimum Gasteiger partial charge on any atom is -0.492 e. The number of carbonyl (C=O) groups excluding carboxylic acids is 2. The van der Waals surface area contributed by atoms with Crippen LogP contribution in [0.2, 0.25) is 0 Å². The van der Waals surface area contributed by atoms with E-state index in [4.69, 9.17) is 4.74 Å². The number of piperidine rings is 1. The summed E-state index contributed by atoms with van der Waals surface area (Å²) in [5.74, 6) is 1.12. The molecule has 154 valence electrons. The monoisotopic (exact) mass is 386 g/mol. The number of ether oxygens (including phenoxy) is 1. The van der Waals surface area contributed by atoms with Crippen molar-refractivity contribution < 1.29 is 14.3 Å². The maximum absolute atomic E-state index is 12.9. The second-order valence-corrected chi connectivity index (χ2v) is 8.35. The molecular weight excluding hydrogens is 352 g/mol. The van der Waals surface area contributed by atoms with Crippen molar-refractivity contribution in [2.75, 3.05) is 26.7 Å². The number of hydrogen-bond donors (Lipinski definition) is 0. The molecule has 0 N–H and O–H groups in total. The molecule has 1 saturated carbocycles. The summed E-state index contributed by atoms with van der Waals surface area (Å²) in [5.41, 5.74) is 1.20. The van der Waals surface area contributed by atoms with Crippen LogP contribution in [0, 0.1) is 12.8 Å². The van der Waals surface area contributed by atoms with Gasteiger partial charge in [0.2, 0.25) is 11.8 Å². The van der Waals surface area contributed by atoms with E-state index in [2.05, 4.69) is 0 Å². The fraction of sp³-hybridized carbons (Fsp3) is 0.652. The van der Waals surface area contributed by atoms with E-state index in [1.165, 1.54) is 31.2 Å². The highest BCUT2D eigenvalue weighted by Gasteiger charge is 2.35. The Hall–Kier alpha value is -2.04. The van der Waals surface area contributed by atoms with E-state index >= 15 is 0 Å². The van der Waals surface area contributed by atoms with E-state index < -0.39 is 0 Å². The summed E-state index contributed by atoms with van der Waals surface area (Å²) >= 11 is 0. The zero-order chi connectivity index (χ0) is 19.9. The lowest BCUT2D eigenvalue weighted by atomic mass is 9.93. The number of likely N-dealkylation sites (N-methyl/N-ethyl adjacent to an activating group) is 1. The van der Waals surface area contributed by atoms with E-state index in [9.17, 15) is 9.59 Å². The van der Waals surface area contributed by atoms with Crippen molar-refractivity contribution in [3.63, 3.8) is 0 Å². The molecule has 1 atom stereocenters. The molecule has 0 aromatic heterocycles. The first-order valence-electron chi connectivity index (χ1n) is 10.8. The minimum absolute atomic E-state index is 0.0784. The maximum Gasteiger partial charge on any atom is 0.227 e. The number of rotatable bonds is 6. The van der Waals surface area contributed by atoms with Crippen molar-refractivity contribution in [3.05, 3.63) is 29.8 Å². The van der Waals surface area contributed by atoms with E-state index in [1.54, 1.807) is 4.90 Å². The molecule has 2 fully saturated rings. The number of carbonyl (C=O) groups is 2. The van der Waals surface area contributed by atoms with Crippen LogP contribution in [0.3, 0.4) is 0 Å². The van der Waals surface area contributed by atoms with Gasteiger partial charge in [-0.2, -0.15) is 0 Å². The van der Waals surface area contributed by atoms with Crippen LogP contribution in [0.15, 0.2) is 24.3 Å². The summed E-state index contributed by atoms with van der Waals surface area (Å²) in [6.07, 6.45) is 8.28. The molecule has 5 heteroatoms. The van der Waals surface area contributed by atoms with Crippen LogP contribution >= 0.6 is 0 Å². The van der Waals surface area contributed by atoms with Crippen LogP contribution in [0.1, 0.15) is 56.9 Å². The number of aryl methyl sites for hydroxylation is 1. The first-order chi connectivity index (χ1) is 13.5. The van der Waals surface area contributed by atoms with Crippen LogP contribution in [-0.2, 0) is 9.59 Å². The summed E-state index contributed by atoms with van der Waals surface area (Å²) in [5, 5.41) is 0. The Morgan fingerprint density at radius 1 is 1.11 bits per heavy atom. The first kappa shape index (κ1) is 20.7. The highest BCUT2D eigenvalue weighted by atomic mass is 16.5. The minimum atomic E-state index is -0.0784. The highest BCUT2D eigenvalue weighted by molar-refractivity contribution is 5.84. The van der Waals surface area contributed by atoms with Gasteiger partial charge in [-0.3, -0.25) is 9.59 Å². The van der Waals surface area contributed by atoms with Gasteiger partial charge < -0.3 is 14.5 Å². The molecule has 2 aliphatic rings. The van der Waals surface area contributed by atoms with E-state index in [0.717, 1.165) is 18.6 Å². The van der Waals surface area contributed by atoms with Crippen molar-refractivity contribution in [2.24, 2.45) is 5.92 Å². The SMILES string of the molecule is Cc1ccc(OCCN(C)C(=O)C2CCC(=O)N(C3CCCCCC3)C2)cc1. The summed E-state index contributed by atoms with van der Waals surface area (Å²) in [4.78, 5) is 29.2. The Kier molecular flexibility index (Phi) is 7.35. The van der Waals surface area contributed by atoms with Crippen molar-refractivity contribution in [3.8, 4) is 5.75 Å². The van der Waals surface area contributed by atoms with Gasteiger partial charge in [-0.25, -0.2) is 0 Å². The first-order valence-corrected chi connectivity index (χ1v) is 10.8. The van der Waals surface area contributed by atoms with E-state index in [0.29, 0.717) is 38.6 Å². The van der Waals surface area contributed by atoms with Gasteiger partial charge in [0.15, 0.2) is 0 Å². The van der Waals surface area contributed by atoms with Crippen LogP contribution in [0.4, 0.5) is 0 Å². The van der Waals surface area contributed by atoms with Crippen LogP contribution < -0.4 is 4.74 Å². The van der Waals surface area contributed by atoms with Gasteiger partial charge in [0, 0.05) is 26.1 Å². The molecule has 1 aromatic rings. The summed E-state index contributed by atoms with van der Waals surface area (Å²) in [7, 11) is 1.84. The molecule has 1 aliphatic carbocycles. The summed E-state index contributed by atoms with van der Waals surface area (Å²) in [6, 6.07) is 8.28. The number of hydrogen-bond acceptors (Lipinski definition) is 3. The van der Waals surface area contributed by atoms with Gasteiger partial charge >= 0.3 is 0 Å². The smallest absolute Gasteiger partial charge is 0.227 e. The van der Waals surface area contributed by atoms with Gasteiger partial charge in [-0.15, -0.1) is 0 Å². The fourth-order valence-corrected chi connectivity index (χ4v) is 4.35. The van der Waals surface area contributed by atoms with Crippen LogP contribution in [-0.4, -0.2) is 54.4 Å². The third kappa shape index (κ3) is 5.49. The lowest BCUT2D eigenvalue weighted by Crippen LogP contribution is -2.50. The molecular formula is C23H34N2O3. The van der Waals surface area contributed by atoms with E-state index in [-0.39, 0.29) is 17.7 Å². The molecule has 0 bridgehead atoms. The zero-order valence-corrected chi connectivity index (χ0v) is 17.4.